The van der Waals surface area contributed by atoms with E-state index in [1.807, 2.05) is 42.5 Å². The zero-order valence-electron chi connectivity index (χ0n) is 22.7. The SMILES string of the molecule is Cn1cc(-c2cccc(NC(=O)c3ccc(C(C)(C)C)cc3)c2F)nc(N(c2ccccc2)n2ccnc2)c1=O. The van der Waals surface area contributed by atoms with Crippen molar-refractivity contribution in [3.63, 3.8) is 0 Å². The molecule has 202 valence electrons. The molecule has 5 aromatic rings. The number of halogens is 1. The van der Waals surface area contributed by atoms with Crippen LogP contribution in [-0.4, -0.2) is 25.1 Å². The molecular weight excluding hydrogens is 507 g/mol. The number of hydrogen-bond acceptors (Lipinski definition) is 5. The third-order valence-corrected chi connectivity index (χ3v) is 6.51. The highest BCUT2D eigenvalue weighted by Gasteiger charge is 2.22. The Morgan fingerprint density at radius 1 is 0.975 bits per heavy atom. The Bertz CT molecular complexity index is 1710. The van der Waals surface area contributed by atoms with Gasteiger partial charge in [-0.05, 0) is 47.4 Å². The molecule has 8 nitrogen and oxygen atoms in total. The normalized spacial score (nSPS) is 11.3. The Labute approximate surface area is 231 Å². The molecule has 1 N–H and O–H groups in total. The van der Waals surface area contributed by atoms with Crippen LogP contribution in [0.3, 0.4) is 0 Å². The first kappa shape index (κ1) is 26.6. The summed E-state index contributed by atoms with van der Waals surface area (Å²) in [6.45, 7) is 6.28. The average molecular weight is 537 g/mol. The molecule has 40 heavy (non-hydrogen) atoms. The fourth-order valence-electron chi connectivity index (χ4n) is 4.31. The van der Waals surface area contributed by atoms with Crippen LogP contribution in [0.4, 0.5) is 21.6 Å². The molecule has 0 fully saturated rings. The van der Waals surface area contributed by atoms with Gasteiger partial charge >= 0.3 is 0 Å². The van der Waals surface area contributed by atoms with Crippen molar-refractivity contribution in [2.45, 2.75) is 26.2 Å². The van der Waals surface area contributed by atoms with E-state index in [4.69, 9.17) is 0 Å². The van der Waals surface area contributed by atoms with Crippen LogP contribution in [0.2, 0.25) is 0 Å². The lowest BCUT2D eigenvalue weighted by Crippen LogP contribution is -2.32. The van der Waals surface area contributed by atoms with E-state index in [1.165, 1.54) is 16.8 Å². The Morgan fingerprint density at radius 2 is 1.70 bits per heavy atom. The first-order chi connectivity index (χ1) is 19.1. The summed E-state index contributed by atoms with van der Waals surface area (Å²) in [5.41, 5.74) is 2.11. The number of aromatic nitrogens is 4. The molecule has 0 aliphatic rings. The second-order valence-corrected chi connectivity index (χ2v) is 10.4. The highest BCUT2D eigenvalue weighted by atomic mass is 19.1. The minimum atomic E-state index is -0.659. The zero-order valence-corrected chi connectivity index (χ0v) is 22.7. The number of hydrogen-bond donors (Lipinski definition) is 1. The molecule has 0 radical (unpaired) electrons. The maximum Gasteiger partial charge on any atom is 0.295 e. The number of imidazole rings is 1. The molecule has 2 aromatic heterocycles. The fraction of sp³-hybridized carbons (Fsp3) is 0.161. The summed E-state index contributed by atoms with van der Waals surface area (Å²) in [7, 11) is 1.58. The first-order valence-electron chi connectivity index (χ1n) is 12.8. The van der Waals surface area contributed by atoms with E-state index >= 15 is 4.39 Å². The summed E-state index contributed by atoms with van der Waals surface area (Å²) in [6, 6.07) is 21.2. The Kier molecular flexibility index (Phi) is 7.04. The van der Waals surface area contributed by atoms with Crippen molar-refractivity contribution in [3.8, 4) is 11.3 Å². The van der Waals surface area contributed by atoms with Gasteiger partial charge in [0.15, 0.2) is 5.82 Å². The fourth-order valence-corrected chi connectivity index (χ4v) is 4.31. The molecule has 2 heterocycles. The molecule has 0 saturated heterocycles. The molecule has 5 rings (SSSR count). The monoisotopic (exact) mass is 536 g/mol. The lowest BCUT2D eigenvalue weighted by atomic mass is 9.87. The van der Waals surface area contributed by atoms with Gasteiger partial charge in [-0.15, -0.1) is 0 Å². The lowest BCUT2D eigenvalue weighted by Gasteiger charge is -2.24. The third kappa shape index (κ3) is 5.26. The van der Waals surface area contributed by atoms with Crippen LogP contribution in [0.1, 0.15) is 36.7 Å². The van der Waals surface area contributed by atoms with Crippen LogP contribution in [0, 0.1) is 5.82 Å². The molecule has 0 aliphatic carbocycles. The van der Waals surface area contributed by atoms with E-state index in [1.54, 1.807) is 59.7 Å². The first-order valence-corrected chi connectivity index (χ1v) is 12.8. The van der Waals surface area contributed by atoms with Gasteiger partial charge < -0.3 is 9.88 Å². The number of para-hydroxylation sites is 1. The van der Waals surface area contributed by atoms with Gasteiger partial charge in [-0.25, -0.2) is 24.0 Å². The summed E-state index contributed by atoms with van der Waals surface area (Å²) in [5.74, 6) is -1.04. The van der Waals surface area contributed by atoms with E-state index in [0.717, 1.165) is 5.56 Å². The number of anilines is 3. The maximum atomic E-state index is 15.8. The van der Waals surface area contributed by atoms with Gasteiger partial charge in [-0.1, -0.05) is 57.2 Å². The summed E-state index contributed by atoms with van der Waals surface area (Å²) in [5, 5.41) is 4.27. The molecule has 1 amide bonds. The minimum absolute atomic E-state index is 0.00845. The number of nitrogens with zero attached hydrogens (tertiary/aromatic N) is 5. The summed E-state index contributed by atoms with van der Waals surface area (Å²) in [4.78, 5) is 34.9. The molecule has 3 aromatic carbocycles. The Balaban J connectivity index is 1.52. The minimum Gasteiger partial charge on any atom is -0.319 e. The van der Waals surface area contributed by atoms with Gasteiger partial charge in [0.25, 0.3) is 11.5 Å². The van der Waals surface area contributed by atoms with Gasteiger partial charge in [0.2, 0.25) is 5.82 Å². The highest BCUT2D eigenvalue weighted by molar-refractivity contribution is 6.04. The Morgan fingerprint density at radius 3 is 2.35 bits per heavy atom. The largest absolute Gasteiger partial charge is 0.319 e. The van der Waals surface area contributed by atoms with Crippen molar-refractivity contribution in [1.82, 2.24) is 19.2 Å². The standard InChI is InChI=1S/C31H29FN6O2/c1-31(2,3)22-15-13-21(14-16-22)29(39)35-25-12-8-11-24(27(25)32)26-19-36(4)30(40)28(34-26)38(37-18-17-33-20-37)23-9-6-5-7-10-23/h5-20H,1-4H3,(H,35,39). The van der Waals surface area contributed by atoms with Crippen molar-refractivity contribution in [2.75, 3.05) is 10.3 Å². The second kappa shape index (κ2) is 10.6. The van der Waals surface area contributed by atoms with E-state index in [2.05, 4.69) is 36.1 Å². The van der Waals surface area contributed by atoms with Crippen molar-refractivity contribution in [1.29, 1.82) is 0 Å². The summed E-state index contributed by atoms with van der Waals surface area (Å²) in [6.07, 6.45) is 6.29. The molecule has 0 saturated carbocycles. The molecule has 9 heteroatoms. The van der Waals surface area contributed by atoms with Crippen LogP contribution in [0.5, 0.6) is 0 Å². The second-order valence-electron chi connectivity index (χ2n) is 10.4. The molecule has 0 aliphatic heterocycles. The third-order valence-electron chi connectivity index (χ3n) is 6.51. The summed E-state index contributed by atoms with van der Waals surface area (Å²) >= 11 is 0. The summed E-state index contributed by atoms with van der Waals surface area (Å²) < 4.78 is 18.8. The number of aryl methyl sites for hydroxylation is 1. The van der Waals surface area contributed by atoms with Gasteiger partial charge in [-0.3, -0.25) is 9.59 Å². The van der Waals surface area contributed by atoms with Crippen molar-refractivity contribution in [3.05, 3.63) is 125 Å². The van der Waals surface area contributed by atoms with Crippen LogP contribution in [-0.2, 0) is 12.5 Å². The number of rotatable bonds is 6. The topological polar surface area (TPSA) is 85.1 Å². The molecule has 0 unspecified atom stereocenters. The predicted molar refractivity (Wildman–Crippen MR) is 154 cm³/mol. The van der Waals surface area contributed by atoms with E-state index in [9.17, 15) is 9.59 Å². The van der Waals surface area contributed by atoms with Gasteiger partial charge in [0.05, 0.1) is 17.1 Å². The zero-order chi connectivity index (χ0) is 28.4. The van der Waals surface area contributed by atoms with Gasteiger partial charge in [0.1, 0.15) is 6.33 Å². The lowest BCUT2D eigenvalue weighted by molar-refractivity contribution is 0.102. The van der Waals surface area contributed by atoms with Gasteiger partial charge in [-0.2, -0.15) is 0 Å². The van der Waals surface area contributed by atoms with Crippen LogP contribution < -0.4 is 15.9 Å². The van der Waals surface area contributed by atoms with E-state index in [0.29, 0.717) is 11.3 Å². The van der Waals surface area contributed by atoms with Crippen LogP contribution >= 0.6 is 0 Å². The van der Waals surface area contributed by atoms with Crippen molar-refractivity contribution < 1.29 is 9.18 Å². The molecular formula is C31H29FN6O2. The van der Waals surface area contributed by atoms with Crippen LogP contribution in [0.25, 0.3) is 11.3 Å². The van der Waals surface area contributed by atoms with Gasteiger partial charge in [0, 0.05) is 36.8 Å². The number of nitrogens with one attached hydrogen (secondary N) is 1. The number of amides is 1. The van der Waals surface area contributed by atoms with E-state index in [-0.39, 0.29) is 33.7 Å². The predicted octanol–water partition coefficient (Wildman–Crippen LogP) is 5.93. The highest BCUT2D eigenvalue weighted by Crippen LogP contribution is 2.29. The van der Waals surface area contributed by atoms with Crippen LogP contribution in [0.15, 0.2) is 103 Å². The molecule has 0 atom stereocenters. The molecule has 0 bridgehead atoms. The van der Waals surface area contributed by atoms with Crippen molar-refractivity contribution >= 4 is 23.1 Å². The Hall–Kier alpha value is -5.05. The number of carbonyl (C=O) groups excluding carboxylic acids is 1. The maximum absolute atomic E-state index is 15.8. The average Bonchev–Trinajstić information content (AvgIpc) is 3.47. The van der Waals surface area contributed by atoms with Crippen molar-refractivity contribution in [2.24, 2.45) is 7.05 Å². The van der Waals surface area contributed by atoms with E-state index < -0.39 is 11.7 Å². The smallest absolute Gasteiger partial charge is 0.295 e. The number of benzene rings is 3. The number of carbonyl (C=O) groups is 1. The quantitative estimate of drug-likeness (QED) is 0.291. The molecule has 0 spiro atoms.